The molecule has 1 aliphatic carbocycles. The van der Waals surface area contributed by atoms with Crippen LogP contribution in [0.3, 0.4) is 0 Å². The molecule has 0 aromatic carbocycles. The summed E-state index contributed by atoms with van der Waals surface area (Å²) < 4.78 is 23.7. The van der Waals surface area contributed by atoms with E-state index in [-0.39, 0.29) is 11.3 Å². The standard InChI is InChI=1S/C16H33NO2S/c1-5-6-7-14-8-10-16(17,11-9-14)12-13-20(18,19)15(2,3)4/h14H,5-13,17H2,1-4H3. The third kappa shape index (κ3) is 5.03. The van der Waals surface area contributed by atoms with Gasteiger partial charge in [0.15, 0.2) is 9.84 Å². The number of unbranched alkanes of at least 4 members (excludes halogenated alkanes) is 1. The van der Waals surface area contributed by atoms with Crippen LogP contribution in [-0.4, -0.2) is 24.5 Å². The summed E-state index contributed by atoms with van der Waals surface area (Å²) in [4.78, 5) is 0. The third-order valence-corrected chi connectivity index (χ3v) is 7.48. The fraction of sp³-hybridized carbons (Fsp3) is 1.00. The highest BCUT2D eigenvalue weighted by Crippen LogP contribution is 2.35. The van der Waals surface area contributed by atoms with Crippen LogP contribution in [0.25, 0.3) is 0 Å². The molecule has 0 aromatic rings. The van der Waals surface area contributed by atoms with E-state index in [4.69, 9.17) is 5.73 Å². The van der Waals surface area contributed by atoms with Crippen LogP contribution in [0, 0.1) is 5.92 Å². The van der Waals surface area contributed by atoms with Crippen LogP contribution < -0.4 is 5.73 Å². The van der Waals surface area contributed by atoms with E-state index in [1.165, 1.54) is 32.1 Å². The molecule has 1 aliphatic rings. The zero-order chi connectivity index (χ0) is 15.4. The molecule has 0 heterocycles. The fourth-order valence-electron chi connectivity index (χ4n) is 2.93. The molecule has 0 atom stereocenters. The number of hydrogen-bond donors (Lipinski definition) is 1. The van der Waals surface area contributed by atoms with Gasteiger partial charge in [0.1, 0.15) is 0 Å². The molecule has 1 saturated carbocycles. The van der Waals surface area contributed by atoms with Crippen LogP contribution in [0.5, 0.6) is 0 Å². The summed E-state index contributed by atoms with van der Waals surface area (Å²) in [6, 6.07) is 0. The minimum atomic E-state index is -3.04. The Morgan fingerprint density at radius 2 is 1.75 bits per heavy atom. The molecule has 0 radical (unpaired) electrons. The zero-order valence-corrected chi connectivity index (χ0v) is 14.6. The molecule has 120 valence electrons. The lowest BCUT2D eigenvalue weighted by Gasteiger charge is -2.38. The smallest absolute Gasteiger partial charge is 0.155 e. The highest BCUT2D eigenvalue weighted by atomic mass is 32.2. The van der Waals surface area contributed by atoms with E-state index in [1.54, 1.807) is 20.8 Å². The minimum absolute atomic E-state index is 0.229. The van der Waals surface area contributed by atoms with Crippen LogP contribution in [0.15, 0.2) is 0 Å². The predicted octanol–water partition coefficient (Wildman–Crippen LogP) is 3.67. The van der Waals surface area contributed by atoms with E-state index in [9.17, 15) is 8.42 Å². The molecule has 20 heavy (non-hydrogen) atoms. The fourth-order valence-corrected chi connectivity index (χ4v) is 4.22. The summed E-state index contributed by atoms with van der Waals surface area (Å²) in [5, 5.41) is 0. The van der Waals surface area contributed by atoms with Crippen molar-refractivity contribution in [3.63, 3.8) is 0 Å². The quantitative estimate of drug-likeness (QED) is 0.814. The van der Waals surface area contributed by atoms with Gasteiger partial charge in [-0.2, -0.15) is 0 Å². The second kappa shape index (κ2) is 6.78. The maximum Gasteiger partial charge on any atom is 0.155 e. The van der Waals surface area contributed by atoms with Gasteiger partial charge in [0, 0.05) is 5.54 Å². The predicted molar refractivity (Wildman–Crippen MR) is 86.6 cm³/mol. The molecular weight excluding hydrogens is 270 g/mol. The first kappa shape index (κ1) is 18.0. The summed E-state index contributed by atoms with van der Waals surface area (Å²) in [5.74, 6) is 1.04. The van der Waals surface area contributed by atoms with E-state index in [1.807, 2.05) is 0 Å². The van der Waals surface area contributed by atoms with Crippen molar-refractivity contribution in [2.75, 3.05) is 5.75 Å². The topological polar surface area (TPSA) is 60.2 Å². The van der Waals surface area contributed by atoms with E-state index in [0.29, 0.717) is 6.42 Å². The van der Waals surface area contributed by atoms with Gasteiger partial charge in [-0.25, -0.2) is 8.42 Å². The molecular formula is C16H33NO2S. The van der Waals surface area contributed by atoms with Crippen molar-refractivity contribution in [2.24, 2.45) is 11.7 Å². The molecule has 4 heteroatoms. The molecule has 0 amide bonds. The lowest BCUT2D eigenvalue weighted by molar-refractivity contribution is 0.218. The molecule has 0 spiro atoms. The Morgan fingerprint density at radius 1 is 1.20 bits per heavy atom. The second-order valence-electron chi connectivity index (χ2n) is 7.63. The first-order valence-corrected chi connectivity index (χ1v) is 9.76. The highest BCUT2D eigenvalue weighted by molar-refractivity contribution is 7.92. The van der Waals surface area contributed by atoms with Crippen LogP contribution >= 0.6 is 0 Å². The van der Waals surface area contributed by atoms with Crippen molar-refractivity contribution >= 4 is 9.84 Å². The van der Waals surface area contributed by atoms with Gasteiger partial charge in [0.2, 0.25) is 0 Å². The summed E-state index contributed by atoms with van der Waals surface area (Å²) in [6.45, 7) is 7.54. The summed E-state index contributed by atoms with van der Waals surface area (Å²) in [7, 11) is -3.04. The van der Waals surface area contributed by atoms with Gasteiger partial charge in [-0.3, -0.25) is 0 Å². The monoisotopic (exact) mass is 303 g/mol. The highest BCUT2D eigenvalue weighted by Gasteiger charge is 2.35. The van der Waals surface area contributed by atoms with Gasteiger partial charge in [0.25, 0.3) is 0 Å². The summed E-state index contributed by atoms with van der Waals surface area (Å²) in [6.07, 6.45) is 8.81. The van der Waals surface area contributed by atoms with E-state index < -0.39 is 14.6 Å². The van der Waals surface area contributed by atoms with Crippen LogP contribution in [-0.2, 0) is 9.84 Å². The lowest BCUT2D eigenvalue weighted by Crippen LogP contribution is -2.46. The molecule has 0 aromatic heterocycles. The zero-order valence-electron chi connectivity index (χ0n) is 13.7. The molecule has 3 nitrogen and oxygen atoms in total. The SMILES string of the molecule is CCCCC1CCC(N)(CCS(=O)(=O)C(C)(C)C)CC1. The molecule has 2 N–H and O–H groups in total. The molecule has 1 fully saturated rings. The second-order valence-corrected chi connectivity index (χ2v) is 10.5. The molecule has 1 rings (SSSR count). The van der Waals surface area contributed by atoms with Gasteiger partial charge in [0.05, 0.1) is 10.5 Å². The average molecular weight is 304 g/mol. The van der Waals surface area contributed by atoms with Gasteiger partial charge in [-0.05, 0) is 58.8 Å². The third-order valence-electron chi connectivity index (χ3n) is 4.87. The van der Waals surface area contributed by atoms with Crippen molar-refractivity contribution in [3.8, 4) is 0 Å². The first-order valence-electron chi connectivity index (χ1n) is 8.11. The average Bonchev–Trinajstić information content (AvgIpc) is 2.35. The molecule has 0 aliphatic heterocycles. The normalized spacial score (nSPS) is 28.6. The molecule has 0 bridgehead atoms. The Balaban J connectivity index is 2.46. The number of rotatable bonds is 6. The molecule has 0 unspecified atom stereocenters. The van der Waals surface area contributed by atoms with Gasteiger partial charge in [-0.1, -0.05) is 26.2 Å². The largest absolute Gasteiger partial charge is 0.325 e. The minimum Gasteiger partial charge on any atom is -0.325 e. The first-order chi connectivity index (χ1) is 9.10. The maximum atomic E-state index is 12.2. The number of hydrogen-bond acceptors (Lipinski definition) is 3. The van der Waals surface area contributed by atoms with Crippen molar-refractivity contribution in [1.82, 2.24) is 0 Å². The van der Waals surface area contributed by atoms with Gasteiger partial charge >= 0.3 is 0 Å². The lowest BCUT2D eigenvalue weighted by atomic mass is 9.74. The Morgan fingerprint density at radius 3 is 2.20 bits per heavy atom. The van der Waals surface area contributed by atoms with Crippen LogP contribution in [0.2, 0.25) is 0 Å². The van der Waals surface area contributed by atoms with Gasteiger partial charge in [-0.15, -0.1) is 0 Å². The summed E-state index contributed by atoms with van der Waals surface area (Å²) >= 11 is 0. The Bertz CT molecular complexity index is 387. The van der Waals surface area contributed by atoms with Crippen molar-refractivity contribution in [3.05, 3.63) is 0 Å². The number of nitrogens with two attached hydrogens (primary N) is 1. The van der Waals surface area contributed by atoms with Crippen LogP contribution in [0.1, 0.15) is 79.1 Å². The van der Waals surface area contributed by atoms with Crippen molar-refractivity contribution in [2.45, 2.75) is 89.3 Å². The summed E-state index contributed by atoms with van der Waals surface area (Å²) in [5.41, 5.74) is 6.19. The van der Waals surface area contributed by atoms with E-state index >= 15 is 0 Å². The van der Waals surface area contributed by atoms with E-state index in [2.05, 4.69) is 6.92 Å². The Hall–Kier alpha value is -0.0900. The maximum absolute atomic E-state index is 12.2. The van der Waals surface area contributed by atoms with Gasteiger partial charge < -0.3 is 5.73 Å². The molecule has 0 saturated heterocycles. The van der Waals surface area contributed by atoms with E-state index in [0.717, 1.165) is 18.8 Å². The Kier molecular flexibility index (Phi) is 6.09. The Labute approximate surface area is 125 Å². The van der Waals surface area contributed by atoms with Crippen LogP contribution in [0.4, 0.5) is 0 Å². The van der Waals surface area contributed by atoms with Crippen molar-refractivity contribution in [1.29, 1.82) is 0 Å². The van der Waals surface area contributed by atoms with Crippen molar-refractivity contribution < 1.29 is 8.42 Å². The number of sulfone groups is 1.